The molecule has 0 spiro atoms. The number of phenolic OH excluding ortho intramolecular Hbond substituents is 4. The maximum atomic E-state index is 12.7. The van der Waals surface area contributed by atoms with Crippen molar-refractivity contribution in [3.63, 3.8) is 0 Å². The third-order valence-corrected chi connectivity index (χ3v) is 7.82. The number of hydrogen-bond acceptors (Lipinski definition) is 19. The van der Waals surface area contributed by atoms with Crippen LogP contribution in [0.2, 0.25) is 0 Å². The van der Waals surface area contributed by atoms with Gasteiger partial charge in [0.15, 0.2) is 35.4 Å². The lowest BCUT2D eigenvalue weighted by molar-refractivity contribution is -0.327. The van der Waals surface area contributed by atoms with Crippen LogP contribution in [0.4, 0.5) is 0 Å². The van der Waals surface area contributed by atoms with Gasteiger partial charge in [-0.25, -0.2) is 9.59 Å². The maximum absolute atomic E-state index is 12.7. The molecule has 2 aromatic carbocycles. The number of rotatable bonds is 12. The molecule has 19 nitrogen and oxygen atoms in total. The summed E-state index contributed by atoms with van der Waals surface area (Å²) < 4.78 is 36.8. The van der Waals surface area contributed by atoms with Crippen molar-refractivity contribution in [1.29, 1.82) is 0 Å². The standard InChI is InChI=1S/C32H38O19/c1-45-17-9-13(7-15(34)23(17)38)3-5-21(36)50-30-28(43)25(40)19(11-33)48-32(30)47-12-20-26(41)27(42)29(44)31(49-20)51-22(37)6-4-14-8-16(35)24(39)18(10-14)46-2/h3-10,19-20,25-35,38-44H,11-12H2,1-2H3/b5-3+,6-4+/t19-,20-,25-,26-,27+,28+,29-,30-,31+,32-/m1/s1. The van der Waals surface area contributed by atoms with E-state index in [1.54, 1.807) is 0 Å². The number of hydrogen-bond donors (Lipinski definition) is 10. The first-order valence-electron chi connectivity index (χ1n) is 15.1. The third kappa shape index (κ3) is 9.16. The van der Waals surface area contributed by atoms with E-state index < -0.39 is 110 Å². The van der Waals surface area contributed by atoms with Gasteiger partial charge in [-0.2, -0.15) is 0 Å². The van der Waals surface area contributed by atoms with E-state index in [1.165, 1.54) is 38.5 Å². The van der Waals surface area contributed by atoms with Crippen molar-refractivity contribution in [2.24, 2.45) is 0 Å². The maximum Gasteiger partial charge on any atom is 0.333 e. The molecule has 2 fully saturated rings. The van der Waals surface area contributed by atoms with Crippen molar-refractivity contribution in [3.05, 3.63) is 47.5 Å². The molecule has 2 saturated heterocycles. The van der Waals surface area contributed by atoms with E-state index in [-0.39, 0.29) is 22.6 Å². The Morgan fingerprint density at radius 3 is 1.67 bits per heavy atom. The summed E-state index contributed by atoms with van der Waals surface area (Å²) in [7, 11) is 2.48. The zero-order chi connectivity index (χ0) is 37.6. The van der Waals surface area contributed by atoms with Gasteiger partial charge in [0.2, 0.25) is 17.8 Å². The van der Waals surface area contributed by atoms with Crippen LogP contribution in [-0.4, -0.2) is 152 Å². The van der Waals surface area contributed by atoms with Crippen molar-refractivity contribution < 1.29 is 93.8 Å². The SMILES string of the molecule is COc1cc(/C=C/C(=O)O[C@@H]2O[C@H](CO[C@@H]3O[C@H](CO)[C@@H](O)[C@H](O)[C@H]3OC(=O)/C=C/c3cc(O)c(O)c(OC)c3)[C@@H](O)[C@H](O)[C@H]2O)cc(O)c1O. The molecule has 2 aliphatic heterocycles. The number of methoxy groups -OCH3 is 2. The fourth-order valence-electron chi connectivity index (χ4n) is 5.04. The second-order valence-corrected chi connectivity index (χ2v) is 11.2. The Labute approximate surface area is 288 Å². The summed E-state index contributed by atoms with van der Waals surface area (Å²) >= 11 is 0. The van der Waals surface area contributed by atoms with Crippen LogP contribution in [0.25, 0.3) is 12.2 Å². The fourth-order valence-corrected chi connectivity index (χ4v) is 5.04. The second-order valence-electron chi connectivity index (χ2n) is 11.2. The van der Waals surface area contributed by atoms with Crippen LogP contribution in [-0.2, 0) is 33.3 Å². The molecule has 19 heteroatoms. The van der Waals surface area contributed by atoms with Gasteiger partial charge in [-0.15, -0.1) is 0 Å². The largest absolute Gasteiger partial charge is 0.504 e. The Kier molecular flexibility index (Phi) is 13.0. The van der Waals surface area contributed by atoms with E-state index >= 15 is 0 Å². The van der Waals surface area contributed by atoms with Crippen LogP contribution >= 0.6 is 0 Å². The Balaban J connectivity index is 1.44. The van der Waals surface area contributed by atoms with Crippen LogP contribution in [0.5, 0.6) is 34.5 Å². The van der Waals surface area contributed by atoms with E-state index in [4.69, 9.17) is 33.2 Å². The number of carbonyl (C=O) groups excluding carboxylic acids is 2. The van der Waals surface area contributed by atoms with Crippen LogP contribution < -0.4 is 9.47 Å². The number of aliphatic hydroxyl groups is 6. The normalized spacial score (nSPS) is 29.6. The quantitative estimate of drug-likeness (QED) is 0.0641. The Morgan fingerprint density at radius 1 is 0.667 bits per heavy atom. The minimum absolute atomic E-state index is 0.0898. The lowest BCUT2D eigenvalue weighted by Gasteiger charge is -2.43. The summed E-state index contributed by atoms with van der Waals surface area (Å²) in [6, 6.07) is 4.82. The van der Waals surface area contributed by atoms with Crippen LogP contribution in [0.3, 0.4) is 0 Å². The molecule has 0 saturated carbocycles. The lowest BCUT2D eigenvalue weighted by Crippen LogP contribution is -2.62. The number of aromatic hydroxyl groups is 4. The zero-order valence-electron chi connectivity index (χ0n) is 27.0. The average Bonchev–Trinajstić information content (AvgIpc) is 3.11. The molecule has 2 aromatic rings. The zero-order valence-corrected chi connectivity index (χ0v) is 27.0. The van der Waals surface area contributed by atoms with E-state index in [1.807, 2.05) is 0 Å². The number of aliphatic hydroxyl groups excluding tert-OH is 6. The monoisotopic (exact) mass is 726 g/mol. The Hall–Kier alpha value is -4.70. The molecule has 0 aromatic heterocycles. The Bertz CT molecular complexity index is 1590. The predicted octanol–water partition coefficient (Wildman–Crippen LogP) is -2.03. The van der Waals surface area contributed by atoms with Crippen molar-refractivity contribution in [2.45, 2.75) is 61.4 Å². The number of esters is 2. The topological polar surface area (TPSA) is 301 Å². The summed E-state index contributed by atoms with van der Waals surface area (Å²) in [6.07, 6.45) is -13.6. The highest BCUT2D eigenvalue weighted by Gasteiger charge is 2.49. The highest BCUT2D eigenvalue weighted by Crippen LogP contribution is 2.38. The number of benzene rings is 2. The molecular weight excluding hydrogens is 688 g/mol. The van der Waals surface area contributed by atoms with Crippen LogP contribution in [0.1, 0.15) is 11.1 Å². The van der Waals surface area contributed by atoms with Crippen LogP contribution in [0, 0.1) is 0 Å². The second kappa shape index (κ2) is 17.0. The molecule has 4 rings (SSSR count). The van der Waals surface area contributed by atoms with Crippen molar-refractivity contribution in [1.82, 2.24) is 0 Å². The molecule has 10 N–H and O–H groups in total. The highest BCUT2D eigenvalue weighted by molar-refractivity contribution is 5.88. The van der Waals surface area contributed by atoms with E-state index in [2.05, 4.69) is 0 Å². The summed E-state index contributed by atoms with van der Waals surface area (Å²) in [5.41, 5.74) is 0.403. The predicted molar refractivity (Wildman–Crippen MR) is 167 cm³/mol. The highest BCUT2D eigenvalue weighted by atomic mass is 16.7. The third-order valence-electron chi connectivity index (χ3n) is 7.82. The van der Waals surface area contributed by atoms with Gasteiger partial charge in [0.1, 0.15) is 42.7 Å². The van der Waals surface area contributed by atoms with Gasteiger partial charge in [-0.05, 0) is 47.5 Å². The van der Waals surface area contributed by atoms with Crippen molar-refractivity contribution in [3.8, 4) is 34.5 Å². The van der Waals surface area contributed by atoms with Gasteiger partial charge >= 0.3 is 11.9 Å². The lowest BCUT2D eigenvalue weighted by atomic mass is 9.98. The average molecular weight is 727 g/mol. The van der Waals surface area contributed by atoms with Crippen molar-refractivity contribution >= 4 is 24.1 Å². The van der Waals surface area contributed by atoms with Gasteiger partial charge in [0.05, 0.1) is 27.4 Å². The first kappa shape index (κ1) is 39.1. The van der Waals surface area contributed by atoms with Gasteiger partial charge < -0.3 is 84.2 Å². The van der Waals surface area contributed by atoms with Gasteiger partial charge in [0, 0.05) is 12.2 Å². The molecule has 0 unspecified atom stereocenters. The minimum Gasteiger partial charge on any atom is -0.504 e. The molecule has 280 valence electrons. The Morgan fingerprint density at radius 2 is 1.16 bits per heavy atom. The molecule has 2 heterocycles. The minimum atomic E-state index is -1.94. The smallest absolute Gasteiger partial charge is 0.333 e. The molecule has 2 aliphatic rings. The summed E-state index contributed by atoms with van der Waals surface area (Å²) in [4.78, 5) is 25.2. The van der Waals surface area contributed by atoms with Gasteiger partial charge in [0.25, 0.3) is 0 Å². The summed E-state index contributed by atoms with van der Waals surface area (Å²) in [5.74, 6) is -4.53. The first-order valence-corrected chi connectivity index (χ1v) is 15.1. The number of phenols is 4. The molecule has 10 atom stereocenters. The molecule has 0 bridgehead atoms. The summed E-state index contributed by atoms with van der Waals surface area (Å²) in [5, 5.41) is 101. The van der Waals surface area contributed by atoms with E-state index in [9.17, 15) is 60.7 Å². The molecular formula is C32H38O19. The fraction of sp³-hybridized carbons (Fsp3) is 0.438. The summed E-state index contributed by atoms with van der Waals surface area (Å²) in [6.45, 7) is -1.52. The molecule has 51 heavy (non-hydrogen) atoms. The first-order chi connectivity index (χ1) is 24.2. The molecule has 0 radical (unpaired) electrons. The van der Waals surface area contributed by atoms with E-state index in [0.29, 0.717) is 0 Å². The van der Waals surface area contributed by atoms with Crippen LogP contribution in [0.15, 0.2) is 36.4 Å². The van der Waals surface area contributed by atoms with Crippen molar-refractivity contribution in [2.75, 3.05) is 27.4 Å². The number of ether oxygens (including phenoxy) is 7. The van der Waals surface area contributed by atoms with Gasteiger partial charge in [-0.3, -0.25) is 0 Å². The molecule has 0 aliphatic carbocycles. The number of carbonyl (C=O) groups is 2. The van der Waals surface area contributed by atoms with E-state index in [0.717, 1.165) is 24.3 Å². The molecule has 0 amide bonds. The van der Waals surface area contributed by atoms with Gasteiger partial charge in [-0.1, -0.05) is 0 Å².